The first-order chi connectivity index (χ1) is 8.74. The molecule has 0 unspecified atom stereocenters. The highest BCUT2D eigenvalue weighted by Gasteiger charge is 2.07. The van der Waals surface area contributed by atoms with Crippen LogP contribution in [0.2, 0.25) is 0 Å². The van der Waals surface area contributed by atoms with Crippen molar-refractivity contribution in [2.75, 3.05) is 5.73 Å². The van der Waals surface area contributed by atoms with E-state index in [-0.39, 0.29) is 5.82 Å². The summed E-state index contributed by atoms with van der Waals surface area (Å²) in [7, 11) is 0. The summed E-state index contributed by atoms with van der Waals surface area (Å²) in [5.74, 6) is -0.251. The first-order valence-electron chi connectivity index (χ1n) is 5.83. The zero-order valence-corrected chi connectivity index (χ0v) is 9.78. The van der Waals surface area contributed by atoms with E-state index in [4.69, 9.17) is 5.73 Å². The molecule has 0 aliphatic rings. The van der Waals surface area contributed by atoms with E-state index in [9.17, 15) is 4.39 Å². The fourth-order valence-corrected chi connectivity index (χ4v) is 2.21. The largest absolute Gasteiger partial charge is 0.398 e. The lowest BCUT2D eigenvalue weighted by Crippen LogP contribution is -1.96. The monoisotopic (exact) mass is 240 g/mol. The Morgan fingerprint density at radius 3 is 2.78 bits per heavy atom. The number of benzene rings is 2. The molecule has 2 aromatic carbocycles. The third-order valence-electron chi connectivity index (χ3n) is 3.16. The van der Waals surface area contributed by atoms with Crippen molar-refractivity contribution >= 4 is 16.6 Å². The smallest absolute Gasteiger partial charge is 0.123 e. The van der Waals surface area contributed by atoms with Gasteiger partial charge in [0.1, 0.15) is 5.82 Å². The maximum Gasteiger partial charge on any atom is 0.123 e. The molecule has 3 heteroatoms. The highest BCUT2D eigenvalue weighted by Crippen LogP contribution is 2.23. The Bertz CT molecular complexity index is 701. The molecule has 0 radical (unpaired) electrons. The van der Waals surface area contributed by atoms with Crippen LogP contribution >= 0.6 is 0 Å². The fraction of sp³-hybridized carbons (Fsp3) is 0.0667. The van der Waals surface area contributed by atoms with Crippen LogP contribution < -0.4 is 5.73 Å². The maximum atomic E-state index is 13.2. The van der Waals surface area contributed by atoms with E-state index in [1.807, 2.05) is 24.4 Å². The Hall–Kier alpha value is -2.29. The third kappa shape index (κ3) is 1.84. The van der Waals surface area contributed by atoms with Crippen molar-refractivity contribution in [1.82, 2.24) is 4.98 Å². The molecule has 0 saturated carbocycles. The van der Waals surface area contributed by atoms with Crippen LogP contribution in [0.3, 0.4) is 0 Å². The number of para-hydroxylation sites is 1. The van der Waals surface area contributed by atoms with Crippen LogP contribution in [0, 0.1) is 5.82 Å². The molecule has 0 amide bonds. The average molecular weight is 240 g/mol. The van der Waals surface area contributed by atoms with Gasteiger partial charge in [0, 0.05) is 29.2 Å². The fourth-order valence-electron chi connectivity index (χ4n) is 2.21. The predicted molar refractivity (Wildman–Crippen MR) is 71.9 cm³/mol. The molecule has 0 aliphatic heterocycles. The number of nitrogen functional groups attached to an aromatic ring is 1. The number of nitrogens with two attached hydrogens (primary N) is 1. The second-order valence-electron chi connectivity index (χ2n) is 4.38. The van der Waals surface area contributed by atoms with Crippen molar-refractivity contribution in [2.45, 2.75) is 6.42 Å². The molecule has 18 heavy (non-hydrogen) atoms. The molecule has 0 fully saturated rings. The van der Waals surface area contributed by atoms with E-state index < -0.39 is 0 Å². The van der Waals surface area contributed by atoms with Gasteiger partial charge in [-0.3, -0.25) is 0 Å². The van der Waals surface area contributed by atoms with Crippen molar-refractivity contribution in [1.29, 1.82) is 0 Å². The minimum Gasteiger partial charge on any atom is -0.398 e. The summed E-state index contributed by atoms with van der Waals surface area (Å²) in [6.45, 7) is 0. The first kappa shape index (κ1) is 10.8. The molecule has 1 aromatic heterocycles. The molecule has 1 heterocycles. The zero-order chi connectivity index (χ0) is 12.5. The second-order valence-corrected chi connectivity index (χ2v) is 4.38. The van der Waals surface area contributed by atoms with Crippen molar-refractivity contribution in [3.8, 4) is 0 Å². The van der Waals surface area contributed by atoms with Crippen molar-refractivity contribution in [3.05, 3.63) is 65.6 Å². The molecular formula is C15H13FN2. The normalized spacial score (nSPS) is 10.9. The quantitative estimate of drug-likeness (QED) is 0.661. The summed E-state index contributed by atoms with van der Waals surface area (Å²) in [5.41, 5.74) is 9.53. The topological polar surface area (TPSA) is 41.8 Å². The Labute approximate surface area is 104 Å². The standard InChI is InChI=1S/C15H13FN2/c16-12-5-6-14(17)10(8-12)7-11-9-18-15-4-2-1-3-13(11)15/h1-6,8-9,18H,7,17H2. The summed E-state index contributed by atoms with van der Waals surface area (Å²) in [6, 6.07) is 12.5. The van der Waals surface area contributed by atoms with Crippen molar-refractivity contribution in [2.24, 2.45) is 0 Å². The van der Waals surface area contributed by atoms with E-state index in [0.717, 1.165) is 22.0 Å². The summed E-state index contributed by atoms with van der Waals surface area (Å²) in [5, 5.41) is 1.15. The van der Waals surface area contributed by atoms with Crippen LogP contribution in [-0.4, -0.2) is 4.98 Å². The van der Waals surface area contributed by atoms with Gasteiger partial charge in [0.15, 0.2) is 0 Å². The van der Waals surface area contributed by atoms with Gasteiger partial charge in [-0.25, -0.2) is 4.39 Å². The summed E-state index contributed by atoms with van der Waals surface area (Å²) in [6.07, 6.45) is 2.59. The highest BCUT2D eigenvalue weighted by atomic mass is 19.1. The summed E-state index contributed by atoms with van der Waals surface area (Å²) in [4.78, 5) is 3.21. The van der Waals surface area contributed by atoms with Gasteiger partial charge in [-0.05, 0) is 35.4 Å². The molecule has 3 rings (SSSR count). The van der Waals surface area contributed by atoms with E-state index in [2.05, 4.69) is 11.1 Å². The number of hydrogen-bond acceptors (Lipinski definition) is 1. The molecule has 3 N–H and O–H groups in total. The average Bonchev–Trinajstić information content (AvgIpc) is 2.78. The van der Waals surface area contributed by atoms with Gasteiger partial charge in [-0.2, -0.15) is 0 Å². The van der Waals surface area contributed by atoms with Gasteiger partial charge in [0.05, 0.1) is 0 Å². The third-order valence-corrected chi connectivity index (χ3v) is 3.16. The zero-order valence-electron chi connectivity index (χ0n) is 9.78. The van der Waals surface area contributed by atoms with Gasteiger partial charge in [0.25, 0.3) is 0 Å². The summed E-state index contributed by atoms with van der Waals surface area (Å²) < 4.78 is 13.2. The number of nitrogens with one attached hydrogen (secondary N) is 1. The number of H-pyrrole nitrogens is 1. The lowest BCUT2D eigenvalue weighted by molar-refractivity contribution is 0.626. The second kappa shape index (κ2) is 4.18. The lowest BCUT2D eigenvalue weighted by atomic mass is 10.0. The van der Waals surface area contributed by atoms with Crippen LogP contribution in [0.1, 0.15) is 11.1 Å². The van der Waals surface area contributed by atoms with E-state index >= 15 is 0 Å². The van der Waals surface area contributed by atoms with Gasteiger partial charge in [-0.15, -0.1) is 0 Å². The Kier molecular flexibility index (Phi) is 2.52. The minimum atomic E-state index is -0.251. The van der Waals surface area contributed by atoms with Gasteiger partial charge >= 0.3 is 0 Å². The number of aromatic amines is 1. The molecule has 2 nitrogen and oxygen atoms in total. The number of aromatic nitrogens is 1. The molecule has 0 bridgehead atoms. The van der Waals surface area contributed by atoms with Crippen LogP contribution in [0.5, 0.6) is 0 Å². The Balaban J connectivity index is 2.04. The molecule has 0 spiro atoms. The van der Waals surface area contributed by atoms with Crippen LogP contribution in [-0.2, 0) is 6.42 Å². The lowest BCUT2D eigenvalue weighted by Gasteiger charge is -2.05. The number of rotatable bonds is 2. The van der Waals surface area contributed by atoms with E-state index in [1.54, 1.807) is 6.07 Å². The summed E-state index contributed by atoms with van der Waals surface area (Å²) >= 11 is 0. The molecule has 90 valence electrons. The number of hydrogen-bond donors (Lipinski definition) is 2. The van der Waals surface area contributed by atoms with Crippen molar-refractivity contribution in [3.63, 3.8) is 0 Å². The molecule has 0 atom stereocenters. The maximum absolute atomic E-state index is 13.2. The Morgan fingerprint density at radius 2 is 1.89 bits per heavy atom. The SMILES string of the molecule is Nc1ccc(F)cc1Cc1c[nH]c2ccccc12. The van der Waals surface area contributed by atoms with Crippen molar-refractivity contribution < 1.29 is 4.39 Å². The predicted octanol–water partition coefficient (Wildman–Crippen LogP) is 3.48. The molecule has 0 saturated heterocycles. The van der Waals surface area contributed by atoms with Crippen LogP contribution in [0.15, 0.2) is 48.7 Å². The van der Waals surface area contributed by atoms with Gasteiger partial charge in [0.2, 0.25) is 0 Å². The number of halogens is 1. The van der Waals surface area contributed by atoms with Crippen LogP contribution in [0.4, 0.5) is 10.1 Å². The Morgan fingerprint density at radius 1 is 1.06 bits per heavy atom. The van der Waals surface area contributed by atoms with E-state index in [1.165, 1.54) is 12.1 Å². The minimum absolute atomic E-state index is 0.251. The van der Waals surface area contributed by atoms with E-state index in [0.29, 0.717) is 12.1 Å². The molecular weight excluding hydrogens is 227 g/mol. The highest BCUT2D eigenvalue weighted by molar-refractivity contribution is 5.83. The number of fused-ring (bicyclic) bond motifs is 1. The van der Waals surface area contributed by atoms with Crippen LogP contribution in [0.25, 0.3) is 10.9 Å². The van der Waals surface area contributed by atoms with Gasteiger partial charge < -0.3 is 10.7 Å². The molecule has 3 aromatic rings. The number of anilines is 1. The molecule has 0 aliphatic carbocycles. The first-order valence-corrected chi connectivity index (χ1v) is 5.83. The van der Waals surface area contributed by atoms with Gasteiger partial charge in [-0.1, -0.05) is 18.2 Å².